The second-order valence-electron chi connectivity index (χ2n) is 7.00. The Kier molecular flexibility index (Phi) is 4.47. The SMILES string of the molecule is Cc1cc(C)c2oc(=O)cc(CN3CCN(c4ccccn4)CC3)c2c1. The van der Waals surface area contributed by atoms with E-state index in [1.165, 1.54) is 5.56 Å². The number of aryl methyl sites for hydroxylation is 2. The van der Waals surface area contributed by atoms with Crippen LogP contribution in [0.15, 0.2) is 51.8 Å². The molecule has 5 nitrogen and oxygen atoms in total. The molecule has 0 bridgehead atoms. The predicted molar refractivity (Wildman–Crippen MR) is 104 cm³/mol. The van der Waals surface area contributed by atoms with Gasteiger partial charge < -0.3 is 9.32 Å². The molecule has 26 heavy (non-hydrogen) atoms. The Hall–Kier alpha value is -2.66. The minimum atomic E-state index is -0.272. The molecule has 1 aliphatic rings. The molecule has 0 atom stereocenters. The minimum Gasteiger partial charge on any atom is -0.422 e. The van der Waals surface area contributed by atoms with Crippen LogP contribution in [-0.2, 0) is 6.54 Å². The van der Waals surface area contributed by atoms with Crippen molar-refractivity contribution in [3.05, 3.63) is 69.7 Å². The van der Waals surface area contributed by atoms with Crippen molar-refractivity contribution >= 4 is 16.8 Å². The predicted octanol–water partition coefficient (Wildman–Crippen LogP) is 3.13. The Morgan fingerprint density at radius 3 is 2.62 bits per heavy atom. The van der Waals surface area contributed by atoms with Gasteiger partial charge in [0.25, 0.3) is 0 Å². The van der Waals surface area contributed by atoms with Gasteiger partial charge in [0.15, 0.2) is 0 Å². The van der Waals surface area contributed by atoms with Crippen LogP contribution in [0, 0.1) is 13.8 Å². The highest BCUT2D eigenvalue weighted by Gasteiger charge is 2.19. The monoisotopic (exact) mass is 349 g/mol. The van der Waals surface area contributed by atoms with Gasteiger partial charge in [0.2, 0.25) is 0 Å². The molecule has 0 N–H and O–H groups in total. The Balaban J connectivity index is 1.54. The van der Waals surface area contributed by atoms with Gasteiger partial charge in [-0.05, 0) is 48.7 Å². The zero-order valence-electron chi connectivity index (χ0n) is 15.2. The van der Waals surface area contributed by atoms with E-state index in [0.29, 0.717) is 5.58 Å². The Labute approximate surface area is 152 Å². The van der Waals surface area contributed by atoms with Gasteiger partial charge in [0.05, 0.1) is 0 Å². The second-order valence-corrected chi connectivity index (χ2v) is 7.00. The lowest BCUT2D eigenvalue weighted by molar-refractivity contribution is 0.249. The molecule has 1 saturated heterocycles. The van der Waals surface area contributed by atoms with E-state index in [4.69, 9.17) is 4.42 Å². The molecule has 1 aliphatic heterocycles. The molecule has 134 valence electrons. The number of piperazine rings is 1. The van der Waals surface area contributed by atoms with Crippen LogP contribution in [-0.4, -0.2) is 36.1 Å². The maximum Gasteiger partial charge on any atom is 0.336 e. The van der Waals surface area contributed by atoms with Crippen molar-refractivity contribution in [2.75, 3.05) is 31.1 Å². The first-order valence-electron chi connectivity index (χ1n) is 9.02. The topological polar surface area (TPSA) is 49.6 Å². The van der Waals surface area contributed by atoms with Gasteiger partial charge in [-0.25, -0.2) is 9.78 Å². The first-order chi connectivity index (χ1) is 12.6. The summed E-state index contributed by atoms with van der Waals surface area (Å²) in [6, 6.07) is 11.8. The van der Waals surface area contributed by atoms with Gasteiger partial charge >= 0.3 is 5.63 Å². The fourth-order valence-electron chi connectivity index (χ4n) is 3.73. The number of nitrogens with zero attached hydrogens (tertiary/aromatic N) is 3. The summed E-state index contributed by atoms with van der Waals surface area (Å²) < 4.78 is 5.46. The number of hydrogen-bond acceptors (Lipinski definition) is 5. The molecular formula is C21H23N3O2. The summed E-state index contributed by atoms with van der Waals surface area (Å²) in [7, 11) is 0. The van der Waals surface area contributed by atoms with Crippen LogP contribution < -0.4 is 10.5 Å². The number of rotatable bonds is 3. The molecule has 4 rings (SSSR count). The van der Waals surface area contributed by atoms with Gasteiger partial charge in [-0.15, -0.1) is 0 Å². The minimum absolute atomic E-state index is 0.272. The lowest BCUT2D eigenvalue weighted by Crippen LogP contribution is -2.46. The van der Waals surface area contributed by atoms with Crippen molar-refractivity contribution in [1.29, 1.82) is 0 Å². The highest BCUT2D eigenvalue weighted by molar-refractivity contribution is 5.83. The van der Waals surface area contributed by atoms with Crippen molar-refractivity contribution in [2.24, 2.45) is 0 Å². The molecular weight excluding hydrogens is 326 g/mol. The van der Waals surface area contributed by atoms with Gasteiger partial charge in [0.1, 0.15) is 11.4 Å². The third-order valence-electron chi connectivity index (χ3n) is 5.00. The molecule has 3 aromatic rings. The zero-order chi connectivity index (χ0) is 18.1. The standard InChI is InChI=1S/C21H23N3O2/c1-15-11-16(2)21-18(12-15)17(13-20(25)26-21)14-23-7-9-24(10-8-23)19-5-3-4-6-22-19/h3-6,11-13H,7-10,14H2,1-2H3. The largest absolute Gasteiger partial charge is 0.422 e. The lowest BCUT2D eigenvalue weighted by Gasteiger charge is -2.35. The van der Waals surface area contributed by atoms with Crippen LogP contribution in [0.4, 0.5) is 5.82 Å². The van der Waals surface area contributed by atoms with E-state index in [-0.39, 0.29) is 5.63 Å². The molecule has 0 unspecified atom stereocenters. The molecule has 0 spiro atoms. The number of anilines is 1. The quantitative estimate of drug-likeness (QED) is 0.680. The molecule has 3 heterocycles. The number of fused-ring (bicyclic) bond motifs is 1. The van der Waals surface area contributed by atoms with Crippen LogP contribution in [0.5, 0.6) is 0 Å². The van der Waals surface area contributed by atoms with Gasteiger partial charge in [0, 0.05) is 50.4 Å². The maximum absolute atomic E-state index is 12.0. The van der Waals surface area contributed by atoms with Crippen molar-refractivity contribution in [1.82, 2.24) is 9.88 Å². The Morgan fingerprint density at radius 1 is 1.08 bits per heavy atom. The van der Waals surface area contributed by atoms with Gasteiger partial charge in [-0.2, -0.15) is 0 Å². The summed E-state index contributed by atoms with van der Waals surface area (Å²) >= 11 is 0. The number of aromatic nitrogens is 1. The average molecular weight is 349 g/mol. The molecule has 0 amide bonds. The van der Waals surface area contributed by atoms with Gasteiger partial charge in [-0.3, -0.25) is 4.90 Å². The van der Waals surface area contributed by atoms with E-state index in [9.17, 15) is 4.79 Å². The first-order valence-corrected chi connectivity index (χ1v) is 9.02. The first kappa shape index (κ1) is 16.8. The van der Waals surface area contributed by atoms with Crippen molar-refractivity contribution < 1.29 is 4.42 Å². The van der Waals surface area contributed by atoms with E-state index >= 15 is 0 Å². The zero-order valence-corrected chi connectivity index (χ0v) is 15.2. The third-order valence-corrected chi connectivity index (χ3v) is 5.00. The van der Waals surface area contributed by atoms with E-state index in [1.807, 2.05) is 25.3 Å². The van der Waals surface area contributed by atoms with Crippen LogP contribution >= 0.6 is 0 Å². The summed E-state index contributed by atoms with van der Waals surface area (Å²) in [6.45, 7) is 8.61. The molecule has 1 fully saturated rings. The summed E-state index contributed by atoms with van der Waals surface area (Å²) in [5.41, 5.74) is 3.69. The van der Waals surface area contributed by atoms with E-state index < -0.39 is 0 Å². The molecule has 0 saturated carbocycles. The molecule has 2 aromatic heterocycles. The smallest absolute Gasteiger partial charge is 0.336 e. The van der Waals surface area contributed by atoms with Crippen LogP contribution in [0.25, 0.3) is 11.0 Å². The average Bonchev–Trinajstić information content (AvgIpc) is 2.64. The molecule has 0 aliphatic carbocycles. The van der Waals surface area contributed by atoms with E-state index in [1.54, 1.807) is 6.07 Å². The summed E-state index contributed by atoms with van der Waals surface area (Å²) in [6.07, 6.45) is 1.84. The summed E-state index contributed by atoms with van der Waals surface area (Å²) in [5.74, 6) is 1.03. The van der Waals surface area contributed by atoms with E-state index in [0.717, 1.165) is 55.1 Å². The van der Waals surface area contributed by atoms with E-state index in [2.05, 4.69) is 39.9 Å². The van der Waals surface area contributed by atoms with Crippen LogP contribution in [0.2, 0.25) is 0 Å². The second kappa shape index (κ2) is 6.92. The van der Waals surface area contributed by atoms with Crippen LogP contribution in [0.1, 0.15) is 16.7 Å². The number of benzene rings is 1. The van der Waals surface area contributed by atoms with Gasteiger partial charge in [-0.1, -0.05) is 12.1 Å². The molecule has 0 radical (unpaired) electrons. The summed E-state index contributed by atoms with van der Waals surface area (Å²) in [4.78, 5) is 21.2. The highest BCUT2D eigenvalue weighted by atomic mass is 16.4. The molecule has 1 aromatic carbocycles. The maximum atomic E-state index is 12.0. The normalized spacial score (nSPS) is 15.5. The highest BCUT2D eigenvalue weighted by Crippen LogP contribution is 2.24. The number of hydrogen-bond donors (Lipinski definition) is 0. The molecule has 5 heteroatoms. The fourth-order valence-corrected chi connectivity index (χ4v) is 3.73. The van der Waals surface area contributed by atoms with Crippen molar-refractivity contribution in [3.8, 4) is 0 Å². The van der Waals surface area contributed by atoms with Crippen LogP contribution in [0.3, 0.4) is 0 Å². The third kappa shape index (κ3) is 3.35. The number of pyridine rings is 1. The Bertz CT molecular complexity index is 974. The van der Waals surface area contributed by atoms with Crippen molar-refractivity contribution in [2.45, 2.75) is 20.4 Å². The Morgan fingerprint density at radius 2 is 1.88 bits per heavy atom. The summed E-state index contributed by atoms with van der Waals surface area (Å²) in [5, 5.41) is 1.05. The lowest BCUT2D eigenvalue weighted by atomic mass is 10.0. The van der Waals surface area contributed by atoms with Crippen molar-refractivity contribution in [3.63, 3.8) is 0 Å². The fraction of sp³-hybridized carbons (Fsp3) is 0.333.